The number of hydrogen-bond donors (Lipinski definition) is 1. The first-order valence-corrected chi connectivity index (χ1v) is 11.5. The number of thiazole rings is 1. The van der Waals surface area contributed by atoms with Crippen LogP contribution >= 0.6 is 11.3 Å². The number of amides is 1. The van der Waals surface area contributed by atoms with Gasteiger partial charge >= 0.3 is 6.18 Å². The standard InChI is InChI=1S/C18H20F3N3O4S2/c1-12-15(16(25)22-6-11-30(26,27)24-7-9-28-10-8-24)29-17(23-12)13-2-4-14(5-3-13)18(19,20)21/h2-5H,6-11H2,1H3,(H,22,25). The quantitative estimate of drug-likeness (QED) is 0.711. The monoisotopic (exact) mass is 463 g/mol. The molecule has 7 nitrogen and oxygen atoms in total. The Hall–Kier alpha value is -2.02. The second kappa shape index (κ2) is 9.00. The molecule has 2 aromatic rings. The van der Waals surface area contributed by atoms with Gasteiger partial charge in [0.25, 0.3) is 5.91 Å². The van der Waals surface area contributed by atoms with Crippen molar-refractivity contribution in [3.63, 3.8) is 0 Å². The summed E-state index contributed by atoms with van der Waals surface area (Å²) in [6.45, 7) is 2.83. The Kier molecular flexibility index (Phi) is 6.80. The van der Waals surface area contributed by atoms with E-state index in [1.54, 1.807) is 6.92 Å². The zero-order chi connectivity index (χ0) is 21.9. The van der Waals surface area contributed by atoms with Crippen LogP contribution in [0.5, 0.6) is 0 Å². The predicted molar refractivity (Wildman–Crippen MR) is 106 cm³/mol. The van der Waals surface area contributed by atoms with Crippen molar-refractivity contribution in [2.24, 2.45) is 0 Å². The highest BCUT2D eigenvalue weighted by Crippen LogP contribution is 2.32. The number of rotatable bonds is 6. The van der Waals surface area contributed by atoms with Gasteiger partial charge in [0.15, 0.2) is 0 Å². The van der Waals surface area contributed by atoms with Gasteiger partial charge in [0.05, 0.1) is 30.2 Å². The smallest absolute Gasteiger partial charge is 0.379 e. The fraction of sp³-hybridized carbons (Fsp3) is 0.444. The number of hydrogen-bond acceptors (Lipinski definition) is 6. The number of aromatic nitrogens is 1. The van der Waals surface area contributed by atoms with Gasteiger partial charge in [-0.2, -0.15) is 17.5 Å². The van der Waals surface area contributed by atoms with Crippen LogP contribution in [-0.2, 0) is 20.9 Å². The summed E-state index contributed by atoms with van der Waals surface area (Å²) < 4.78 is 69.1. The lowest BCUT2D eigenvalue weighted by Crippen LogP contribution is -2.43. The van der Waals surface area contributed by atoms with Gasteiger partial charge in [0.2, 0.25) is 10.0 Å². The summed E-state index contributed by atoms with van der Waals surface area (Å²) in [4.78, 5) is 17.0. The SMILES string of the molecule is Cc1nc(-c2ccc(C(F)(F)F)cc2)sc1C(=O)NCCS(=O)(=O)N1CCOCC1. The Labute approximate surface area is 175 Å². The molecule has 1 fully saturated rings. The summed E-state index contributed by atoms with van der Waals surface area (Å²) >= 11 is 1.04. The van der Waals surface area contributed by atoms with Gasteiger partial charge in [0.1, 0.15) is 9.88 Å². The van der Waals surface area contributed by atoms with E-state index >= 15 is 0 Å². The molecule has 1 amide bonds. The number of carbonyl (C=O) groups is 1. The Morgan fingerprint density at radius 3 is 2.47 bits per heavy atom. The third kappa shape index (κ3) is 5.36. The van der Waals surface area contributed by atoms with Crippen molar-refractivity contribution in [1.82, 2.24) is 14.6 Å². The van der Waals surface area contributed by atoms with Crippen LogP contribution in [0, 0.1) is 6.92 Å². The van der Waals surface area contributed by atoms with Crippen molar-refractivity contribution in [3.05, 3.63) is 40.4 Å². The van der Waals surface area contributed by atoms with E-state index in [0.29, 0.717) is 42.6 Å². The van der Waals surface area contributed by atoms with Gasteiger partial charge in [-0.25, -0.2) is 13.4 Å². The molecule has 1 aromatic heterocycles. The molecule has 0 unspecified atom stereocenters. The molecule has 2 heterocycles. The number of alkyl halides is 3. The molecule has 0 spiro atoms. The Balaban J connectivity index is 1.62. The Bertz CT molecular complexity index is 999. The number of nitrogens with one attached hydrogen (secondary N) is 1. The van der Waals surface area contributed by atoms with Crippen LogP contribution in [0.2, 0.25) is 0 Å². The number of aryl methyl sites for hydroxylation is 1. The van der Waals surface area contributed by atoms with E-state index in [1.165, 1.54) is 16.4 Å². The van der Waals surface area contributed by atoms with Crippen LogP contribution in [0.15, 0.2) is 24.3 Å². The first kappa shape index (κ1) is 22.7. The average molecular weight is 464 g/mol. The van der Waals surface area contributed by atoms with Gasteiger partial charge < -0.3 is 10.1 Å². The molecule has 0 radical (unpaired) electrons. The summed E-state index contributed by atoms with van der Waals surface area (Å²) in [5.74, 6) is -0.706. The normalized spacial score (nSPS) is 15.9. The fourth-order valence-corrected chi connectivity index (χ4v) is 5.17. The molecule has 0 bridgehead atoms. The molecule has 0 atom stereocenters. The first-order valence-electron chi connectivity index (χ1n) is 9.07. The molecule has 0 saturated carbocycles. The molecule has 3 rings (SSSR count). The largest absolute Gasteiger partial charge is 0.416 e. The van der Waals surface area contributed by atoms with Crippen molar-refractivity contribution in [1.29, 1.82) is 0 Å². The van der Waals surface area contributed by atoms with Gasteiger partial charge in [-0.3, -0.25) is 4.79 Å². The molecule has 1 saturated heterocycles. The lowest BCUT2D eigenvalue weighted by Gasteiger charge is -2.26. The molecule has 1 N–H and O–H groups in total. The summed E-state index contributed by atoms with van der Waals surface area (Å²) in [6, 6.07) is 4.53. The van der Waals surface area contributed by atoms with E-state index in [1.807, 2.05) is 0 Å². The van der Waals surface area contributed by atoms with Crippen LogP contribution in [0.3, 0.4) is 0 Å². The highest BCUT2D eigenvalue weighted by Gasteiger charge is 2.30. The van der Waals surface area contributed by atoms with Crippen LogP contribution in [0.4, 0.5) is 13.2 Å². The molecule has 1 aliphatic heterocycles. The number of benzene rings is 1. The second-order valence-electron chi connectivity index (χ2n) is 6.59. The molecule has 164 valence electrons. The maximum absolute atomic E-state index is 12.7. The summed E-state index contributed by atoms with van der Waals surface area (Å²) in [5, 5.41) is 2.98. The van der Waals surface area contributed by atoms with Crippen molar-refractivity contribution < 1.29 is 31.1 Å². The second-order valence-corrected chi connectivity index (χ2v) is 9.68. The third-order valence-corrected chi connectivity index (χ3v) is 7.55. The highest BCUT2D eigenvalue weighted by atomic mass is 32.2. The van der Waals surface area contributed by atoms with E-state index < -0.39 is 27.7 Å². The van der Waals surface area contributed by atoms with E-state index in [2.05, 4.69) is 10.3 Å². The topological polar surface area (TPSA) is 88.6 Å². The van der Waals surface area contributed by atoms with Crippen LogP contribution in [0.25, 0.3) is 10.6 Å². The minimum Gasteiger partial charge on any atom is -0.379 e. The zero-order valence-electron chi connectivity index (χ0n) is 16.0. The minimum atomic E-state index is -4.43. The number of ether oxygens (including phenoxy) is 1. The molecule has 0 aliphatic carbocycles. The lowest BCUT2D eigenvalue weighted by molar-refractivity contribution is -0.137. The van der Waals surface area contributed by atoms with Gasteiger partial charge in [-0.05, 0) is 19.1 Å². The summed E-state index contributed by atoms with van der Waals surface area (Å²) in [7, 11) is -3.49. The molecule has 12 heteroatoms. The molecular weight excluding hydrogens is 443 g/mol. The lowest BCUT2D eigenvalue weighted by atomic mass is 10.1. The van der Waals surface area contributed by atoms with Gasteiger partial charge in [0, 0.05) is 25.2 Å². The van der Waals surface area contributed by atoms with E-state index in [9.17, 15) is 26.4 Å². The molecular formula is C18H20F3N3O4S2. The maximum Gasteiger partial charge on any atom is 0.416 e. The van der Waals surface area contributed by atoms with Gasteiger partial charge in [-0.15, -0.1) is 11.3 Å². The number of morpholine rings is 1. The van der Waals surface area contributed by atoms with Crippen molar-refractivity contribution in [3.8, 4) is 10.6 Å². The average Bonchev–Trinajstić information content (AvgIpc) is 3.10. The molecule has 1 aromatic carbocycles. The Morgan fingerprint density at radius 1 is 1.23 bits per heavy atom. The van der Waals surface area contributed by atoms with Crippen molar-refractivity contribution in [2.45, 2.75) is 13.1 Å². The number of halogens is 3. The Morgan fingerprint density at radius 2 is 1.87 bits per heavy atom. The van der Waals surface area contributed by atoms with Crippen LogP contribution in [-0.4, -0.2) is 62.2 Å². The first-order chi connectivity index (χ1) is 14.1. The van der Waals surface area contributed by atoms with E-state index in [0.717, 1.165) is 23.5 Å². The molecule has 30 heavy (non-hydrogen) atoms. The van der Waals surface area contributed by atoms with Crippen LogP contribution in [0.1, 0.15) is 20.9 Å². The number of carbonyl (C=O) groups excluding carboxylic acids is 1. The zero-order valence-corrected chi connectivity index (χ0v) is 17.7. The fourth-order valence-electron chi connectivity index (χ4n) is 2.86. The van der Waals surface area contributed by atoms with Crippen molar-refractivity contribution >= 4 is 27.3 Å². The van der Waals surface area contributed by atoms with E-state index in [-0.39, 0.29) is 17.2 Å². The minimum absolute atomic E-state index is 0.0640. The number of nitrogens with zero attached hydrogens (tertiary/aromatic N) is 2. The summed E-state index contributed by atoms with van der Waals surface area (Å²) in [5.41, 5.74) is 0.118. The van der Waals surface area contributed by atoms with Crippen molar-refractivity contribution in [2.75, 3.05) is 38.6 Å². The van der Waals surface area contributed by atoms with Crippen LogP contribution < -0.4 is 5.32 Å². The maximum atomic E-state index is 12.7. The third-order valence-electron chi connectivity index (χ3n) is 4.47. The summed E-state index contributed by atoms with van der Waals surface area (Å²) in [6.07, 6.45) is -4.43. The predicted octanol–water partition coefficient (Wildman–Crippen LogP) is 2.53. The molecule has 1 aliphatic rings. The number of sulfonamides is 1. The highest BCUT2D eigenvalue weighted by molar-refractivity contribution is 7.89. The van der Waals surface area contributed by atoms with E-state index in [4.69, 9.17) is 4.74 Å². The van der Waals surface area contributed by atoms with Gasteiger partial charge in [-0.1, -0.05) is 12.1 Å².